The zero-order chi connectivity index (χ0) is 16.8. The van der Waals surface area contributed by atoms with Crippen LogP contribution in [0.1, 0.15) is 36.8 Å². The molecule has 1 heterocycles. The maximum atomic E-state index is 11.1. The first kappa shape index (κ1) is 16.9. The molecule has 0 amide bonds. The second-order valence-electron chi connectivity index (χ2n) is 6.63. The summed E-state index contributed by atoms with van der Waals surface area (Å²) in [6, 6.07) is 17.4. The van der Waals surface area contributed by atoms with Crippen molar-refractivity contribution in [3.05, 3.63) is 59.7 Å². The lowest BCUT2D eigenvalue weighted by atomic mass is 9.90. The molecule has 0 spiro atoms. The molecule has 0 aromatic heterocycles. The molecule has 3 heteroatoms. The Hall–Kier alpha value is -1.97. The lowest BCUT2D eigenvalue weighted by Crippen LogP contribution is -2.28. The summed E-state index contributed by atoms with van der Waals surface area (Å²) >= 11 is 0. The van der Waals surface area contributed by atoms with Gasteiger partial charge < -0.3 is 10.6 Å². The maximum absolute atomic E-state index is 11.1. The van der Waals surface area contributed by atoms with Crippen molar-refractivity contribution in [3.63, 3.8) is 0 Å². The molecule has 24 heavy (non-hydrogen) atoms. The molecule has 2 N–H and O–H groups in total. The second kappa shape index (κ2) is 8.22. The second-order valence-corrected chi connectivity index (χ2v) is 6.63. The van der Waals surface area contributed by atoms with Gasteiger partial charge in [-0.25, -0.2) is 0 Å². The number of carbonyl (C=O) groups excluding carboxylic acids is 1. The Balaban J connectivity index is 1.75. The van der Waals surface area contributed by atoms with Crippen LogP contribution in [-0.2, 0) is 11.3 Å². The topological polar surface area (TPSA) is 41.1 Å². The van der Waals surface area contributed by atoms with Crippen LogP contribution in [0.4, 0.5) is 0 Å². The van der Waals surface area contributed by atoms with Crippen molar-refractivity contribution in [2.24, 2.45) is 0 Å². The molecule has 126 valence electrons. The molecule has 1 aliphatic heterocycles. The Morgan fingerprint density at radius 3 is 2.67 bits per heavy atom. The number of hydrogen-bond donors (Lipinski definition) is 2. The third kappa shape index (κ3) is 4.31. The van der Waals surface area contributed by atoms with E-state index >= 15 is 0 Å². The Morgan fingerprint density at radius 2 is 1.96 bits per heavy atom. The van der Waals surface area contributed by atoms with E-state index in [1.54, 1.807) is 6.92 Å². The highest BCUT2D eigenvalue weighted by atomic mass is 16.1. The Kier molecular flexibility index (Phi) is 5.78. The fourth-order valence-electron chi connectivity index (χ4n) is 3.40. The molecule has 2 aromatic rings. The standard InChI is InChI=1S/C21H26N2O/c1-16(24)13-23-15-20-5-2-3-7-21(20)18-10-8-17(9-11-18)19-6-4-12-22-14-19/h2-3,5,7-11,19,22-23H,4,6,12-15H2,1H3. The lowest BCUT2D eigenvalue weighted by Gasteiger charge is -2.23. The highest BCUT2D eigenvalue weighted by Gasteiger charge is 2.15. The van der Waals surface area contributed by atoms with Gasteiger partial charge in [0.25, 0.3) is 0 Å². The molecule has 3 rings (SSSR count). The van der Waals surface area contributed by atoms with Crippen molar-refractivity contribution in [2.75, 3.05) is 19.6 Å². The van der Waals surface area contributed by atoms with Gasteiger partial charge in [0, 0.05) is 13.1 Å². The lowest BCUT2D eigenvalue weighted by molar-refractivity contribution is -0.116. The first-order valence-electron chi connectivity index (χ1n) is 8.83. The molecule has 1 fully saturated rings. The monoisotopic (exact) mass is 322 g/mol. The average molecular weight is 322 g/mol. The van der Waals surface area contributed by atoms with Crippen LogP contribution in [0.15, 0.2) is 48.5 Å². The number of hydrogen-bond acceptors (Lipinski definition) is 3. The van der Waals surface area contributed by atoms with Crippen LogP contribution in [0.2, 0.25) is 0 Å². The van der Waals surface area contributed by atoms with Gasteiger partial charge in [0.15, 0.2) is 0 Å². The fourth-order valence-corrected chi connectivity index (χ4v) is 3.40. The normalized spacial score (nSPS) is 17.6. The molecule has 1 saturated heterocycles. The van der Waals surface area contributed by atoms with Gasteiger partial charge in [0.05, 0.1) is 6.54 Å². The van der Waals surface area contributed by atoms with Crippen molar-refractivity contribution in [1.29, 1.82) is 0 Å². The van der Waals surface area contributed by atoms with Crippen LogP contribution in [0.25, 0.3) is 11.1 Å². The van der Waals surface area contributed by atoms with Crippen molar-refractivity contribution in [2.45, 2.75) is 32.2 Å². The van der Waals surface area contributed by atoms with Gasteiger partial charge in [-0.3, -0.25) is 4.79 Å². The Labute approximate surface area is 144 Å². The number of benzene rings is 2. The average Bonchev–Trinajstić information content (AvgIpc) is 2.63. The van der Waals surface area contributed by atoms with Crippen molar-refractivity contribution in [1.82, 2.24) is 10.6 Å². The first-order chi connectivity index (χ1) is 11.7. The van der Waals surface area contributed by atoms with Gasteiger partial charge in [0.2, 0.25) is 0 Å². The van der Waals surface area contributed by atoms with Crippen LogP contribution in [0, 0.1) is 0 Å². The van der Waals surface area contributed by atoms with Gasteiger partial charge in [0.1, 0.15) is 5.78 Å². The molecule has 0 bridgehead atoms. The van der Waals surface area contributed by atoms with Crippen LogP contribution >= 0.6 is 0 Å². The van der Waals surface area contributed by atoms with E-state index in [0.717, 1.165) is 13.1 Å². The largest absolute Gasteiger partial charge is 0.316 e. The minimum absolute atomic E-state index is 0.165. The summed E-state index contributed by atoms with van der Waals surface area (Å²) in [4.78, 5) is 11.1. The molecule has 0 aliphatic carbocycles. The van der Waals surface area contributed by atoms with E-state index in [9.17, 15) is 4.79 Å². The predicted molar refractivity (Wildman–Crippen MR) is 99.1 cm³/mol. The minimum atomic E-state index is 0.165. The number of nitrogens with one attached hydrogen (secondary N) is 2. The first-order valence-corrected chi connectivity index (χ1v) is 8.83. The van der Waals surface area contributed by atoms with E-state index in [2.05, 4.69) is 59.2 Å². The molecular formula is C21H26N2O. The van der Waals surface area contributed by atoms with Gasteiger partial charge in [-0.1, -0.05) is 48.5 Å². The SMILES string of the molecule is CC(=O)CNCc1ccccc1-c1ccc(C2CCCNC2)cc1. The maximum Gasteiger partial charge on any atom is 0.143 e. The number of ketones is 1. The molecule has 0 radical (unpaired) electrons. The van der Waals surface area contributed by atoms with Crippen LogP contribution in [0.3, 0.4) is 0 Å². The highest BCUT2D eigenvalue weighted by molar-refractivity contribution is 5.77. The van der Waals surface area contributed by atoms with E-state index in [-0.39, 0.29) is 5.78 Å². The molecule has 1 unspecified atom stereocenters. The van der Waals surface area contributed by atoms with E-state index in [1.165, 1.54) is 35.1 Å². The van der Waals surface area contributed by atoms with E-state index in [0.29, 0.717) is 19.0 Å². The summed E-state index contributed by atoms with van der Waals surface area (Å²) in [5.41, 5.74) is 5.13. The summed E-state index contributed by atoms with van der Waals surface area (Å²) in [6.45, 7) is 4.98. The van der Waals surface area contributed by atoms with Gasteiger partial charge in [-0.2, -0.15) is 0 Å². The summed E-state index contributed by atoms with van der Waals surface area (Å²) in [5, 5.41) is 6.70. The quantitative estimate of drug-likeness (QED) is 0.855. The number of carbonyl (C=O) groups is 1. The zero-order valence-electron chi connectivity index (χ0n) is 14.3. The summed E-state index contributed by atoms with van der Waals surface area (Å²) in [6.07, 6.45) is 2.54. The molecule has 0 saturated carbocycles. The van der Waals surface area contributed by atoms with Crippen molar-refractivity contribution in [3.8, 4) is 11.1 Å². The Bertz CT molecular complexity index is 672. The summed E-state index contributed by atoms with van der Waals surface area (Å²) in [5.74, 6) is 0.804. The number of Topliss-reactive ketones (excluding diaryl/α,β-unsaturated/α-hetero) is 1. The van der Waals surface area contributed by atoms with E-state index in [1.807, 2.05) is 0 Å². The minimum Gasteiger partial charge on any atom is -0.316 e. The molecule has 1 aliphatic rings. The van der Waals surface area contributed by atoms with Gasteiger partial charge in [-0.05, 0) is 54.5 Å². The number of piperidine rings is 1. The van der Waals surface area contributed by atoms with Gasteiger partial charge >= 0.3 is 0 Å². The van der Waals surface area contributed by atoms with E-state index < -0.39 is 0 Å². The third-order valence-electron chi connectivity index (χ3n) is 4.70. The number of rotatable bonds is 6. The van der Waals surface area contributed by atoms with Crippen LogP contribution < -0.4 is 10.6 Å². The van der Waals surface area contributed by atoms with E-state index in [4.69, 9.17) is 0 Å². The zero-order valence-corrected chi connectivity index (χ0v) is 14.3. The molecule has 2 aromatic carbocycles. The highest BCUT2D eigenvalue weighted by Crippen LogP contribution is 2.28. The summed E-state index contributed by atoms with van der Waals surface area (Å²) in [7, 11) is 0. The fraction of sp³-hybridized carbons (Fsp3) is 0.381. The molecular weight excluding hydrogens is 296 g/mol. The van der Waals surface area contributed by atoms with Gasteiger partial charge in [-0.15, -0.1) is 0 Å². The molecule has 3 nitrogen and oxygen atoms in total. The smallest absolute Gasteiger partial charge is 0.143 e. The third-order valence-corrected chi connectivity index (χ3v) is 4.70. The van der Waals surface area contributed by atoms with Crippen LogP contribution in [0.5, 0.6) is 0 Å². The van der Waals surface area contributed by atoms with Crippen molar-refractivity contribution < 1.29 is 4.79 Å². The Morgan fingerprint density at radius 1 is 1.17 bits per heavy atom. The van der Waals surface area contributed by atoms with Crippen LogP contribution in [-0.4, -0.2) is 25.4 Å². The molecule has 1 atom stereocenters. The predicted octanol–water partition coefficient (Wildman–Crippen LogP) is 3.50. The van der Waals surface area contributed by atoms with Crippen molar-refractivity contribution >= 4 is 5.78 Å². The summed E-state index contributed by atoms with van der Waals surface area (Å²) < 4.78 is 0.